The zero-order valence-corrected chi connectivity index (χ0v) is 16.1. The number of amides is 1. The van der Waals surface area contributed by atoms with Gasteiger partial charge in [0.25, 0.3) is 0 Å². The zero-order valence-electron chi connectivity index (χ0n) is 15.3. The second kappa shape index (κ2) is 9.14. The van der Waals surface area contributed by atoms with Crippen molar-refractivity contribution in [3.63, 3.8) is 0 Å². The molecule has 0 spiro atoms. The Hall–Kier alpha value is -2.93. The highest BCUT2D eigenvalue weighted by molar-refractivity contribution is 7.15. The maximum Gasteiger partial charge on any atom is 0.225 e. The van der Waals surface area contributed by atoms with Gasteiger partial charge in [0.2, 0.25) is 5.91 Å². The van der Waals surface area contributed by atoms with Crippen molar-refractivity contribution in [1.82, 2.24) is 15.3 Å². The molecule has 0 fully saturated rings. The number of nitrogens with one attached hydrogen (secondary N) is 1. The third kappa shape index (κ3) is 5.27. The molecule has 0 aliphatic heterocycles. The molecule has 0 saturated carbocycles. The first-order valence-electron chi connectivity index (χ1n) is 8.56. The van der Waals surface area contributed by atoms with E-state index in [2.05, 4.69) is 15.3 Å². The molecule has 0 aliphatic rings. The van der Waals surface area contributed by atoms with Crippen molar-refractivity contribution in [2.75, 3.05) is 20.3 Å². The molecule has 140 valence electrons. The van der Waals surface area contributed by atoms with Gasteiger partial charge in [0.1, 0.15) is 23.1 Å². The Morgan fingerprint density at radius 3 is 2.67 bits per heavy atom. The van der Waals surface area contributed by atoms with Crippen LogP contribution in [0.5, 0.6) is 11.5 Å². The average molecular weight is 383 g/mol. The number of methoxy groups -OCH3 is 1. The number of hydrogen-bond donors (Lipinski definition) is 1. The van der Waals surface area contributed by atoms with Crippen molar-refractivity contribution in [3.05, 3.63) is 59.4 Å². The Bertz CT molecular complexity index is 879. The molecule has 2 aromatic heterocycles. The zero-order chi connectivity index (χ0) is 19.1. The molecule has 7 heteroatoms. The minimum Gasteiger partial charge on any atom is -0.497 e. The van der Waals surface area contributed by atoms with Gasteiger partial charge in [-0.3, -0.25) is 9.78 Å². The van der Waals surface area contributed by atoms with Crippen molar-refractivity contribution >= 4 is 17.2 Å². The Labute approximate surface area is 162 Å². The summed E-state index contributed by atoms with van der Waals surface area (Å²) in [5, 5.41) is 3.76. The van der Waals surface area contributed by atoms with Crippen molar-refractivity contribution in [2.45, 2.75) is 13.3 Å². The molecule has 27 heavy (non-hydrogen) atoms. The molecule has 3 rings (SSSR count). The van der Waals surface area contributed by atoms with Crippen molar-refractivity contribution in [2.24, 2.45) is 0 Å². The highest BCUT2D eigenvalue weighted by Gasteiger charge is 2.13. The van der Waals surface area contributed by atoms with Crippen LogP contribution in [0.25, 0.3) is 10.6 Å². The van der Waals surface area contributed by atoms with E-state index in [1.807, 2.05) is 43.3 Å². The van der Waals surface area contributed by atoms with E-state index in [-0.39, 0.29) is 5.91 Å². The number of carbonyl (C=O) groups excluding carboxylic acids is 1. The number of hydrogen-bond acceptors (Lipinski definition) is 6. The lowest BCUT2D eigenvalue weighted by molar-refractivity contribution is -0.120. The number of nitrogens with zero attached hydrogens (tertiary/aromatic N) is 2. The van der Waals surface area contributed by atoms with Crippen molar-refractivity contribution < 1.29 is 14.3 Å². The van der Waals surface area contributed by atoms with Gasteiger partial charge in [-0.2, -0.15) is 0 Å². The van der Waals surface area contributed by atoms with Crippen LogP contribution in [0, 0.1) is 6.92 Å². The highest BCUT2D eigenvalue weighted by atomic mass is 32.1. The van der Waals surface area contributed by atoms with E-state index in [1.54, 1.807) is 19.5 Å². The van der Waals surface area contributed by atoms with Gasteiger partial charge < -0.3 is 14.8 Å². The maximum atomic E-state index is 12.2. The monoisotopic (exact) mass is 383 g/mol. The number of aryl methyl sites for hydroxylation is 1. The second-order valence-corrected chi connectivity index (χ2v) is 6.90. The van der Waals surface area contributed by atoms with Crippen LogP contribution >= 0.6 is 11.3 Å². The summed E-state index contributed by atoms with van der Waals surface area (Å²) in [6, 6.07) is 11.2. The van der Waals surface area contributed by atoms with Crippen LogP contribution in [-0.4, -0.2) is 36.1 Å². The molecule has 0 radical (unpaired) electrons. The molecule has 0 bridgehead atoms. The Morgan fingerprint density at radius 2 is 1.96 bits per heavy atom. The molecule has 1 amide bonds. The number of pyridine rings is 1. The fraction of sp³-hybridized carbons (Fsp3) is 0.250. The molecule has 2 heterocycles. The molecule has 0 atom stereocenters. The normalized spacial score (nSPS) is 10.4. The lowest BCUT2D eigenvalue weighted by Crippen LogP contribution is -2.29. The summed E-state index contributed by atoms with van der Waals surface area (Å²) >= 11 is 1.53. The highest BCUT2D eigenvalue weighted by Crippen LogP contribution is 2.27. The third-order valence-corrected chi connectivity index (χ3v) is 5.08. The van der Waals surface area contributed by atoms with Gasteiger partial charge in [-0.25, -0.2) is 4.98 Å². The summed E-state index contributed by atoms with van der Waals surface area (Å²) in [5.41, 5.74) is 1.84. The lowest BCUT2D eigenvalue weighted by Gasteiger charge is -2.08. The van der Waals surface area contributed by atoms with E-state index in [9.17, 15) is 4.79 Å². The molecule has 6 nitrogen and oxygen atoms in total. The van der Waals surface area contributed by atoms with Gasteiger partial charge >= 0.3 is 0 Å². The molecular formula is C20H21N3O3S. The number of carbonyl (C=O) groups is 1. The average Bonchev–Trinajstić information content (AvgIpc) is 3.07. The van der Waals surface area contributed by atoms with Crippen LogP contribution in [0.15, 0.2) is 48.8 Å². The molecule has 3 aromatic rings. The topological polar surface area (TPSA) is 73.3 Å². The van der Waals surface area contributed by atoms with E-state index in [0.717, 1.165) is 32.6 Å². The van der Waals surface area contributed by atoms with E-state index >= 15 is 0 Å². The summed E-state index contributed by atoms with van der Waals surface area (Å²) in [7, 11) is 1.62. The lowest BCUT2D eigenvalue weighted by atomic mass is 10.3. The molecular weight excluding hydrogens is 362 g/mol. The van der Waals surface area contributed by atoms with Crippen molar-refractivity contribution in [3.8, 4) is 22.1 Å². The Morgan fingerprint density at radius 1 is 1.19 bits per heavy atom. The van der Waals surface area contributed by atoms with E-state index in [1.165, 1.54) is 11.3 Å². The van der Waals surface area contributed by atoms with E-state index < -0.39 is 0 Å². The second-order valence-electron chi connectivity index (χ2n) is 5.82. The molecule has 1 aromatic carbocycles. The number of ether oxygens (including phenoxy) is 2. The summed E-state index contributed by atoms with van der Waals surface area (Å²) in [4.78, 5) is 21.8. The van der Waals surface area contributed by atoms with Gasteiger partial charge in [-0.15, -0.1) is 11.3 Å². The largest absolute Gasteiger partial charge is 0.497 e. The quantitative estimate of drug-likeness (QED) is 0.605. The minimum absolute atomic E-state index is 0.0437. The Kier molecular flexibility index (Phi) is 6.38. The summed E-state index contributed by atoms with van der Waals surface area (Å²) in [6.07, 6.45) is 3.82. The predicted molar refractivity (Wildman–Crippen MR) is 105 cm³/mol. The fourth-order valence-corrected chi connectivity index (χ4v) is 3.50. The minimum atomic E-state index is -0.0437. The summed E-state index contributed by atoms with van der Waals surface area (Å²) < 4.78 is 10.7. The van der Waals surface area contributed by atoms with Crippen molar-refractivity contribution in [1.29, 1.82) is 0 Å². The van der Waals surface area contributed by atoms with Crippen LogP contribution in [0.3, 0.4) is 0 Å². The first-order valence-corrected chi connectivity index (χ1v) is 9.37. The fourth-order valence-electron chi connectivity index (χ4n) is 2.44. The summed E-state index contributed by atoms with van der Waals surface area (Å²) in [5.74, 6) is 1.48. The number of thiazole rings is 1. The predicted octanol–water partition coefficient (Wildman–Crippen LogP) is 3.26. The first kappa shape index (κ1) is 18.8. The molecule has 1 N–H and O–H groups in total. The van der Waals surface area contributed by atoms with E-state index in [0.29, 0.717) is 19.6 Å². The molecule has 0 aliphatic carbocycles. The van der Waals surface area contributed by atoms with E-state index in [4.69, 9.17) is 9.47 Å². The maximum absolute atomic E-state index is 12.2. The van der Waals surface area contributed by atoms with Gasteiger partial charge in [0, 0.05) is 22.8 Å². The standard InChI is InChI=1S/C20H21N3O3S/c1-14-18(27-20(23-14)15-4-3-9-21-13-15)12-19(24)22-10-11-26-17-7-5-16(25-2)6-8-17/h3-9,13H,10-12H2,1-2H3,(H,22,24). The number of benzene rings is 1. The summed E-state index contributed by atoms with van der Waals surface area (Å²) in [6.45, 7) is 2.77. The van der Waals surface area contributed by atoms with Crippen LogP contribution in [0.2, 0.25) is 0 Å². The molecule has 0 saturated heterocycles. The third-order valence-electron chi connectivity index (χ3n) is 3.87. The van der Waals surface area contributed by atoms with Crippen LogP contribution in [-0.2, 0) is 11.2 Å². The van der Waals surface area contributed by atoms with Gasteiger partial charge in [-0.05, 0) is 43.3 Å². The number of aromatic nitrogens is 2. The van der Waals surface area contributed by atoms with Crippen LogP contribution in [0.1, 0.15) is 10.6 Å². The first-order chi connectivity index (χ1) is 13.2. The van der Waals surface area contributed by atoms with Crippen LogP contribution in [0.4, 0.5) is 0 Å². The smallest absolute Gasteiger partial charge is 0.225 e. The van der Waals surface area contributed by atoms with Gasteiger partial charge in [-0.1, -0.05) is 0 Å². The SMILES string of the molecule is COc1ccc(OCCNC(=O)Cc2sc(-c3cccnc3)nc2C)cc1. The molecule has 0 unspecified atom stereocenters. The van der Waals surface area contributed by atoms with Gasteiger partial charge in [0.15, 0.2) is 0 Å². The number of rotatable bonds is 8. The Balaban J connectivity index is 1.46. The van der Waals surface area contributed by atoms with Crippen LogP contribution < -0.4 is 14.8 Å². The van der Waals surface area contributed by atoms with Gasteiger partial charge in [0.05, 0.1) is 25.8 Å².